The highest BCUT2D eigenvalue weighted by Crippen LogP contribution is 2.26. The lowest BCUT2D eigenvalue weighted by Gasteiger charge is -2.26. The van der Waals surface area contributed by atoms with Crippen molar-refractivity contribution in [1.82, 2.24) is 9.55 Å². The van der Waals surface area contributed by atoms with Gasteiger partial charge in [0, 0.05) is 18.2 Å². The molecule has 1 aliphatic heterocycles. The molecule has 9 nitrogen and oxygen atoms in total. The van der Waals surface area contributed by atoms with E-state index >= 15 is 0 Å². The van der Waals surface area contributed by atoms with Gasteiger partial charge >= 0.3 is 5.69 Å². The fourth-order valence-corrected chi connectivity index (χ4v) is 2.28. The highest BCUT2D eigenvalue weighted by molar-refractivity contribution is 5.02. The summed E-state index contributed by atoms with van der Waals surface area (Å²) in [5.74, 6) is 0. The van der Waals surface area contributed by atoms with E-state index in [1.807, 2.05) is 0 Å². The molecule has 0 amide bonds. The number of nitrogens with one attached hydrogen (secondary N) is 1. The molecule has 9 heteroatoms. The largest absolute Gasteiger partial charge is 0.394 e. The summed E-state index contributed by atoms with van der Waals surface area (Å²) in [6, 6.07) is 0. The van der Waals surface area contributed by atoms with Crippen molar-refractivity contribution in [2.45, 2.75) is 44.0 Å². The fraction of sp³-hybridized carbons (Fsp3) is 0.667. The smallest absolute Gasteiger partial charge is 0.330 e. The van der Waals surface area contributed by atoms with Crippen LogP contribution in [-0.4, -0.2) is 61.0 Å². The summed E-state index contributed by atoms with van der Waals surface area (Å²) >= 11 is 0. The van der Waals surface area contributed by atoms with Crippen LogP contribution in [0.4, 0.5) is 0 Å². The maximum absolute atomic E-state index is 11.8. The molecule has 2 heterocycles. The SMILES string of the molecule is Cc1cn([C@@H]2O[C@H](CO)[C@@H](O)[C@@H](O)C[C@H]2O)c(=O)[nH]c1=O. The summed E-state index contributed by atoms with van der Waals surface area (Å²) in [6.45, 7) is 0.879. The molecular formula is C12H18N2O7. The number of hydrogen-bond acceptors (Lipinski definition) is 7. The second-order valence-electron chi connectivity index (χ2n) is 5.09. The van der Waals surface area contributed by atoms with Gasteiger partial charge in [0.1, 0.15) is 18.3 Å². The standard InChI is InChI=1S/C12H18N2O7/c1-5-3-14(12(20)13-10(5)19)11-7(17)2-6(16)9(18)8(4-15)21-11/h3,6-9,11,15-18H,2,4H2,1H3,(H,13,19,20)/t6-,7+,8+,9-,11+/m0/s1. The van der Waals surface area contributed by atoms with Crippen molar-refractivity contribution < 1.29 is 25.2 Å². The topological polar surface area (TPSA) is 145 Å². The Hall–Kier alpha value is -1.52. The minimum atomic E-state index is -1.39. The van der Waals surface area contributed by atoms with Crippen molar-refractivity contribution in [3.63, 3.8) is 0 Å². The van der Waals surface area contributed by atoms with E-state index in [9.17, 15) is 30.0 Å². The number of aryl methyl sites for hydroxylation is 1. The quantitative estimate of drug-likeness (QED) is 0.397. The van der Waals surface area contributed by atoms with E-state index in [1.54, 1.807) is 0 Å². The second-order valence-corrected chi connectivity index (χ2v) is 5.09. The molecule has 21 heavy (non-hydrogen) atoms. The summed E-state index contributed by atoms with van der Waals surface area (Å²) in [5, 5.41) is 38.8. The zero-order chi connectivity index (χ0) is 15.7. The fourth-order valence-electron chi connectivity index (χ4n) is 2.28. The van der Waals surface area contributed by atoms with Gasteiger partial charge in [0.15, 0.2) is 6.23 Å². The van der Waals surface area contributed by atoms with E-state index in [0.717, 1.165) is 4.57 Å². The lowest BCUT2D eigenvalue weighted by Crippen LogP contribution is -2.41. The monoisotopic (exact) mass is 302 g/mol. The first-order chi connectivity index (χ1) is 9.85. The second kappa shape index (κ2) is 6.08. The molecule has 2 rings (SSSR count). The van der Waals surface area contributed by atoms with Crippen LogP contribution in [0.5, 0.6) is 0 Å². The van der Waals surface area contributed by atoms with E-state index in [4.69, 9.17) is 4.74 Å². The first-order valence-electron chi connectivity index (χ1n) is 6.47. The molecule has 0 aliphatic carbocycles. The van der Waals surface area contributed by atoms with Crippen molar-refractivity contribution >= 4 is 0 Å². The number of hydrogen-bond donors (Lipinski definition) is 5. The van der Waals surface area contributed by atoms with E-state index in [1.165, 1.54) is 13.1 Å². The van der Waals surface area contributed by atoms with Crippen LogP contribution >= 0.6 is 0 Å². The number of ether oxygens (including phenoxy) is 1. The molecule has 1 aliphatic rings. The number of nitrogens with zero attached hydrogens (tertiary/aromatic N) is 1. The third-order valence-electron chi connectivity index (χ3n) is 3.50. The molecule has 0 bridgehead atoms. The number of aliphatic hydroxyl groups is 4. The van der Waals surface area contributed by atoms with Crippen LogP contribution in [0.1, 0.15) is 18.2 Å². The molecule has 0 spiro atoms. The summed E-state index contributed by atoms with van der Waals surface area (Å²) in [5.41, 5.74) is -1.12. The molecule has 1 saturated heterocycles. The lowest BCUT2D eigenvalue weighted by atomic mass is 10.0. The van der Waals surface area contributed by atoms with Crippen molar-refractivity contribution in [2.24, 2.45) is 0 Å². The Bertz CT molecular complexity index is 610. The van der Waals surface area contributed by atoms with E-state index < -0.39 is 48.5 Å². The van der Waals surface area contributed by atoms with Gasteiger partial charge in [-0.1, -0.05) is 0 Å². The first-order valence-corrected chi connectivity index (χ1v) is 6.47. The Labute approximate surface area is 119 Å². The number of H-pyrrole nitrogens is 1. The summed E-state index contributed by atoms with van der Waals surface area (Å²) < 4.78 is 6.32. The van der Waals surface area contributed by atoms with Gasteiger partial charge in [-0.2, -0.15) is 0 Å². The average Bonchev–Trinajstić information content (AvgIpc) is 2.53. The van der Waals surface area contributed by atoms with Gasteiger partial charge < -0.3 is 25.2 Å². The van der Waals surface area contributed by atoms with Gasteiger partial charge in [0.25, 0.3) is 5.56 Å². The van der Waals surface area contributed by atoms with Crippen molar-refractivity contribution in [2.75, 3.05) is 6.61 Å². The molecule has 1 aromatic heterocycles. The van der Waals surface area contributed by atoms with Crippen LogP contribution in [0.3, 0.4) is 0 Å². The Kier molecular flexibility index (Phi) is 4.59. The molecule has 5 N–H and O–H groups in total. The summed E-state index contributed by atoms with van der Waals surface area (Å²) in [6.07, 6.45) is -5.43. The predicted molar refractivity (Wildman–Crippen MR) is 69.7 cm³/mol. The Morgan fingerprint density at radius 1 is 1.33 bits per heavy atom. The molecule has 5 atom stereocenters. The zero-order valence-corrected chi connectivity index (χ0v) is 11.3. The molecule has 0 radical (unpaired) electrons. The summed E-state index contributed by atoms with van der Waals surface area (Å²) in [4.78, 5) is 25.3. The molecule has 1 aromatic rings. The minimum Gasteiger partial charge on any atom is -0.394 e. The predicted octanol–water partition coefficient (Wildman–Crippen LogP) is -2.79. The summed E-state index contributed by atoms with van der Waals surface area (Å²) in [7, 11) is 0. The number of aromatic nitrogens is 2. The van der Waals surface area contributed by atoms with Gasteiger partial charge in [-0.15, -0.1) is 0 Å². The van der Waals surface area contributed by atoms with E-state index in [-0.39, 0.29) is 12.0 Å². The Morgan fingerprint density at radius 2 is 2.00 bits per heavy atom. The highest BCUT2D eigenvalue weighted by Gasteiger charge is 2.39. The van der Waals surface area contributed by atoms with Gasteiger partial charge in [-0.05, 0) is 6.92 Å². The molecular weight excluding hydrogens is 284 g/mol. The van der Waals surface area contributed by atoms with Crippen LogP contribution in [0.25, 0.3) is 0 Å². The molecule has 0 aromatic carbocycles. The number of rotatable bonds is 2. The van der Waals surface area contributed by atoms with Gasteiger partial charge in [0.05, 0.1) is 12.7 Å². The Balaban J connectivity index is 2.44. The minimum absolute atomic E-state index is 0.233. The van der Waals surface area contributed by atoms with Crippen molar-refractivity contribution in [1.29, 1.82) is 0 Å². The van der Waals surface area contributed by atoms with Crippen LogP contribution in [0.15, 0.2) is 15.8 Å². The van der Waals surface area contributed by atoms with Crippen molar-refractivity contribution in [3.05, 3.63) is 32.6 Å². The van der Waals surface area contributed by atoms with Gasteiger partial charge in [0.2, 0.25) is 0 Å². The number of aromatic amines is 1. The highest BCUT2D eigenvalue weighted by atomic mass is 16.5. The average molecular weight is 302 g/mol. The Morgan fingerprint density at radius 3 is 2.62 bits per heavy atom. The zero-order valence-electron chi connectivity index (χ0n) is 11.3. The molecule has 0 saturated carbocycles. The normalized spacial score (nSPS) is 33.7. The third kappa shape index (κ3) is 3.06. The van der Waals surface area contributed by atoms with Crippen molar-refractivity contribution in [3.8, 4) is 0 Å². The van der Waals surface area contributed by atoms with Crippen LogP contribution in [-0.2, 0) is 4.74 Å². The molecule has 1 fully saturated rings. The molecule has 118 valence electrons. The first kappa shape index (κ1) is 15.9. The van der Waals surface area contributed by atoms with E-state index in [0.29, 0.717) is 0 Å². The third-order valence-corrected chi connectivity index (χ3v) is 3.50. The lowest BCUT2D eigenvalue weighted by molar-refractivity contribution is -0.148. The maximum Gasteiger partial charge on any atom is 0.330 e. The molecule has 0 unspecified atom stereocenters. The number of aliphatic hydroxyl groups excluding tert-OH is 4. The van der Waals surface area contributed by atoms with Gasteiger partial charge in [-0.25, -0.2) is 4.79 Å². The van der Waals surface area contributed by atoms with Crippen LogP contribution in [0.2, 0.25) is 0 Å². The van der Waals surface area contributed by atoms with Gasteiger partial charge in [-0.3, -0.25) is 14.3 Å². The van der Waals surface area contributed by atoms with Crippen LogP contribution < -0.4 is 11.2 Å². The van der Waals surface area contributed by atoms with E-state index in [2.05, 4.69) is 4.98 Å². The van der Waals surface area contributed by atoms with Crippen LogP contribution in [0, 0.1) is 6.92 Å². The maximum atomic E-state index is 11.8.